The minimum atomic E-state index is -0.621. The van der Waals surface area contributed by atoms with Crippen molar-refractivity contribution in [1.82, 2.24) is 10.3 Å². The Morgan fingerprint density at radius 1 is 0.929 bits per heavy atom. The average molecular weight is 367 g/mol. The van der Waals surface area contributed by atoms with E-state index < -0.39 is 5.72 Å². The molecule has 4 heteroatoms. The Hall–Kier alpha value is -3.11. The number of nitrogens with zero attached hydrogens (tertiary/aromatic N) is 2. The molecule has 3 aromatic carbocycles. The third kappa shape index (κ3) is 2.18. The zero-order valence-electron chi connectivity index (χ0n) is 15.5. The van der Waals surface area contributed by atoms with Crippen molar-refractivity contribution in [1.29, 1.82) is 0 Å². The number of benzene rings is 3. The third-order valence-corrected chi connectivity index (χ3v) is 6.06. The second-order valence-electron chi connectivity index (χ2n) is 7.66. The second kappa shape index (κ2) is 5.94. The molecule has 1 N–H and O–H groups in total. The molecule has 0 aliphatic carbocycles. The van der Waals surface area contributed by atoms with Crippen LogP contribution in [-0.2, 0) is 12.3 Å². The summed E-state index contributed by atoms with van der Waals surface area (Å²) in [6.07, 6.45) is 0.883. The van der Waals surface area contributed by atoms with Gasteiger partial charge in [-0.1, -0.05) is 72.8 Å². The van der Waals surface area contributed by atoms with Gasteiger partial charge in [-0.3, -0.25) is 0 Å². The topological polar surface area (TPSA) is 36.9 Å². The van der Waals surface area contributed by atoms with E-state index in [1.165, 1.54) is 22.3 Å². The van der Waals surface area contributed by atoms with Crippen LogP contribution >= 0.6 is 0 Å². The van der Waals surface area contributed by atoms with E-state index in [9.17, 15) is 0 Å². The van der Waals surface area contributed by atoms with Crippen LogP contribution in [0.4, 0.5) is 0 Å². The molecule has 0 aromatic heterocycles. The lowest BCUT2D eigenvalue weighted by atomic mass is 9.88. The van der Waals surface area contributed by atoms with Crippen molar-refractivity contribution in [3.05, 3.63) is 101 Å². The van der Waals surface area contributed by atoms with E-state index in [1.807, 2.05) is 6.07 Å². The van der Waals surface area contributed by atoms with E-state index in [0.717, 1.165) is 24.4 Å². The maximum Gasteiger partial charge on any atom is 0.237 e. The Morgan fingerprint density at radius 3 is 2.64 bits per heavy atom. The van der Waals surface area contributed by atoms with Gasteiger partial charge in [0.15, 0.2) is 0 Å². The van der Waals surface area contributed by atoms with Crippen LogP contribution in [0.3, 0.4) is 0 Å². The SMILES string of the molecule is c1ccc(C2=NN3C(C2)c2ccccc2OC32CNCc3ccccc32)cc1. The number of nitrogens with one attached hydrogen (secondary N) is 1. The highest BCUT2D eigenvalue weighted by Crippen LogP contribution is 2.51. The molecule has 0 bridgehead atoms. The van der Waals surface area contributed by atoms with Crippen LogP contribution in [0.15, 0.2) is 84.0 Å². The smallest absolute Gasteiger partial charge is 0.237 e. The molecule has 2 unspecified atom stereocenters. The highest BCUT2D eigenvalue weighted by molar-refractivity contribution is 6.02. The monoisotopic (exact) mass is 367 g/mol. The Bertz CT molecular complexity index is 1080. The molecule has 3 aliphatic heterocycles. The summed E-state index contributed by atoms with van der Waals surface area (Å²) in [4.78, 5) is 0. The first-order chi connectivity index (χ1) is 13.9. The number of rotatable bonds is 1. The molecule has 3 aromatic rings. The van der Waals surface area contributed by atoms with Gasteiger partial charge < -0.3 is 10.1 Å². The van der Waals surface area contributed by atoms with Gasteiger partial charge in [0.2, 0.25) is 5.72 Å². The summed E-state index contributed by atoms with van der Waals surface area (Å²) in [6, 6.07) is 27.6. The van der Waals surface area contributed by atoms with Gasteiger partial charge in [0, 0.05) is 24.1 Å². The van der Waals surface area contributed by atoms with Crippen LogP contribution in [0.1, 0.15) is 34.7 Å². The molecule has 1 spiro atoms. The predicted octanol–water partition coefficient (Wildman–Crippen LogP) is 4.19. The van der Waals surface area contributed by atoms with E-state index >= 15 is 0 Å². The largest absolute Gasteiger partial charge is 0.460 e. The van der Waals surface area contributed by atoms with E-state index in [0.29, 0.717) is 6.54 Å². The van der Waals surface area contributed by atoms with Crippen LogP contribution < -0.4 is 10.1 Å². The number of hydrogen-bond acceptors (Lipinski definition) is 4. The molecule has 3 aliphatic rings. The van der Waals surface area contributed by atoms with Crippen LogP contribution in [-0.4, -0.2) is 17.3 Å². The van der Waals surface area contributed by atoms with E-state index in [4.69, 9.17) is 9.84 Å². The molecule has 28 heavy (non-hydrogen) atoms. The highest BCUT2D eigenvalue weighted by atomic mass is 16.5. The third-order valence-electron chi connectivity index (χ3n) is 6.06. The van der Waals surface area contributed by atoms with Gasteiger partial charge in [-0.05, 0) is 17.2 Å². The number of hydrogen-bond donors (Lipinski definition) is 1. The molecule has 138 valence electrons. The molecule has 0 saturated carbocycles. The van der Waals surface area contributed by atoms with Crippen molar-refractivity contribution in [2.75, 3.05) is 6.54 Å². The summed E-state index contributed by atoms with van der Waals surface area (Å²) < 4.78 is 6.74. The van der Waals surface area contributed by atoms with Crippen molar-refractivity contribution in [2.45, 2.75) is 24.7 Å². The molecule has 3 heterocycles. The van der Waals surface area contributed by atoms with Gasteiger partial charge in [-0.2, -0.15) is 5.10 Å². The van der Waals surface area contributed by atoms with Gasteiger partial charge in [0.25, 0.3) is 0 Å². The molecule has 0 amide bonds. The number of ether oxygens (including phenoxy) is 1. The molecular formula is C24H21N3O. The maximum atomic E-state index is 6.74. The zero-order chi connectivity index (χ0) is 18.6. The summed E-state index contributed by atoms with van der Waals surface area (Å²) >= 11 is 0. The number of para-hydroxylation sites is 1. The van der Waals surface area contributed by atoms with E-state index in [-0.39, 0.29) is 6.04 Å². The highest BCUT2D eigenvalue weighted by Gasteiger charge is 2.53. The zero-order valence-corrected chi connectivity index (χ0v) is 15.5. The van der Waals surface area contributed by atoms with Crippen LogP contribution in [0.25, 0.3) is 0 Å². The van der Waals surface area contributed by atoms with Crippen molar-refractivity contribution in [3.63, 3.8) is 0 Å². The van der Waals surface area contributed by atoms with Gasteiger partial charge in [-0.15, -0.1) is 0 Å². The fourth-order valence-electron chi connectivity index (χ4n) is 4.78. The van der Waals surface area contributed by atoms with Crippen LogP contribution in [0.5, 0.6) is 5.75 Å². The lowest BCUT2D eigenvalue weighted by Gasteiger charge is -2.50. The van der Waals surface area contributed by atoms with E-state index in [2.05, 4.69) is 83.1 Å². The van der Waals surface area contributed by atoms with E-state index in [1.54, 1.807) is 0 Å². The normalized spacial score (nSPS) is 24.8. The molecule has 0 fully saturated rings. The number of fused-ring (bicyclic) bond motifs is 6. The second-order valence-corrected chi connectivity index (χ2v) is 7.66. The van der Waals surface area contributed by atoms with Crippen LogP contribution in [0.2, 0.25) is 0 Å². The summed E-state index contributed by atoms with van der Waals surface area (Å²) in [6.45, 7) is 1.57. The van der Waals surface area contributed by atoms with Crippen molar-refractivity contribution in [2.24, 2.45) is 5.10 Å². The molecule has 0 radical (unpaired) electrons. The van der Waals surface area contributed by atoms with Gasteiger partial charge in [-0.25, -0.2) is 5.01 Å². The van der Waals surface area contributed by atoms with Gasteiger partial charge >= 0.3 is 0 Å². The average Bonchev–Trinajstić information content (AvgIpc) is 3.22. The molecular weight excluding hydrogens is 346 g/mol. The Morgan fingerprint density at radius 2 is 1.71 bits per heavy atom. The summed E-state index contributed by atoms with van der Waals surface area (Å²) in [5, 5.41) is 10.9. The molecule has 2 atom stereocenters. The van der Waals surface area contributed by atoms with Crippen molar-refractivity contribution < 1.29 is 4.74 Å². The Balaban J connectivity index is 1.56. The Labute approximate surface area is 164 Å². The minimum absolute atomic E-state index is 0.174. The fourth-order valence-corrected chi connectivity index (χ4v) is 4.78. The Kier molecular flexibility index (Phi) is 3.38. The quantitative estimate of drug-likeness (QED) is 0.701. The molecule has 0 saturated heterocycles. The van der Waals surface area contributed by atoms with Crippen LogP contribution in [0, 0.1) is 0 Å². The van der Waals surface area contributed by atoms with Gasteiger partial charge in [0.05, 0.1) is 18.3 Å². The van der Waals surface area contributed by atoms with Gasteiger partial charge in [0.1, 0.15) is 5.75 Å². The van der Waals surface area contributed by atoms with Crippen molar-refractivity contribution >= 4 is 5.71 Å². The lowest BCUT2D eigenvalue weighted by molar-refractivity contribution is -0.129. The number of hydrazone groups is 1. The molecule has 4 nitrogen and oxygen atoms in total. The maximum absolute atomic E-state index is 6.74. The first-order valence-electron chi connectivity index (χ1n) is 9.84. The first-order valence-corrected chi connectivity index (χ1v) is 9.84. The summed E-state index contributed by atoms with van der Waals surface area (Å²) in [5.74, 6) is 0.965. The lowest BCUT2D eigenvalue weighted by Crippen LogP contribution is -2.59. The standard InChI is InChI=1S/C24H21N3O/c1-2-8-17(9-3-1)21-14-22-19-11-5-7-13-23(19)28-24(27(22)26-21)16-25-15-18-10-4-6-12-20(18)24/h1-13,22,25H,14-16H2. The summed E-state index contributed by atoms with van der Waals surface area (Å²) in [7, 11) is 0. The van der Waals surface area contributed by atoms with Crippen molar-refractivity contribution in [3.8, 4) is 5.75 Å². The fraction of sp³-hybridized carbons (Fsp3) is 0.208. The molecule has 6 rings (SSSR count). The first kappa shape index (κ1) is 15.9. The summed E-state index contributed by atoms with van der Waals surface area (Å²) in [5.41, 5.74) is 5.38. The minimum Gasteiger partial charge on any atom is -0.460 e. The predicted molar refractivity (Wildman–Crippen MR) is 109 cm³/mol.